The molecule has 3 N–H and O–H groups in total. The van der Waals surface area contributed by atoms with Crippen LogP contribution in [-0.4, -0.2) is 11.9 Å². The predicted octanol–water partition coefficient (Wildman–Crippen LogP) is 2.42. The fraction of sp³-hybridized carbons (Fsp3) is 0.667. The Bertz CT molecular complexity index is 480. The van der Waals surface area contributed by atoms with Crippen molar-refractivity contribution in [2.45, 2.75) is 38.1 Å². The van der Waals surface area contributed by atoms with Crippen LogP contribution < -0.4 is 11.1 Å². The predicted molar refractivity (Wildman–Crippen MR) is 71.4 cm³/mol. The van der Waals surface area contributed by atoms with Gasteiger partial charge in [0.15, 0.2) is 11.6 Å². The minimum Gasteiger partial charge on any atom is -0.436 e. The molecule has 4 nitrogen and oxygen atoms in total. The Morgan fingerprint density at radius 3 is 2.26 bits per heavy atom. The lowest BCUT2D eigenvalue weighted by Crippen LogP contribution is -2.55. The molecule has 4 aliphatic carbocycles. The number of nitrogens with one attached hydrogen (secondary N) is 1. The van der Waals surface area contributed by atoms with Crippen molar-refractivity contribution >= 4 is 11.8 Å². The summed E-state index contributed by atoms with van der Waals surface area (Å²) in [6, 6.07) is 3.64. The standard InChI is InChI=1S/C15H20N2O2/c16-13-2-1-12(19-13)15(18)17-14-10-4-8-3-9(6-10)7-11(14)5-8/h1-2,8-11,14H,3-7,16H2,(H,17,18). The number of amides is 1. The summed E-state index contributed by atoms with van der Waals surface area (Å²) >= 11 is 0. The third-order valence-corrected chi connectivity index (χ3v) is 5.38. The lowest BCUT2D eigenvalue weighted by Gasteiger charge is -2.54. The summed E-state index contributed by atoms with van der Waals surface area (Å²) in [5.74, 6) is 3.76. The van der Waals surface area contributed by atoms with E-state index in [2.05, 4.69) is 5.32 Å². The van der Waals surface area contributed by atoms with E-state index in [1.54, 1.807) is 12.1 Å². The van der Waals surface area contributed by atoms with Crippen molar-refractivity contribution in [1.82, 2.24) is 5.32 Å². The smallest absolute Gasteiger partial charge is 0.287 e. The SMILES string of the molecule is Nc1ccc(C(=O)NC2C3CC4CC(C3)CC2C4)o1. The molecule has 0 radical (unpaired) electrons. The second kappa shape index (κ2) is 4.02. The number of nitrogen functional groups attached to an aromatic ring is 1. The van der Waals surface area contributed by atoms with Crippen LogP contribution in [0, 0.1) is 23.7 Å². The van der Waals surface area contributed by atoms with Gasteiger partial charge in [-0.1, -0.05) is 0 Å². The fourth-order valence-electron chi connectivity index (χ4n) is 4.86. The molecule has 0 unspecified atom stereocenters. The molecule has 4 aliphatic rings. The van der Waals surface area contributed by atoms with Gasteiger partial charge in [-0.15, -0.1) is 0 Å². The van der Waals surface area contributed by atoms with Crippen molar-refractivity contribution in [3.05, 3.63) is 17.9 Å². The highest BCUT2D eigenvalue weighted by atomic mass is 16.4. The highest BCUT2D eigenvalue weighted by molar-refractivity contribution is 5.92. The molecule has 1 amide bonds. The summed E-state index contributed by atoms with van der Waals surface area (Å²) in [7, 11) is 0. The van der Waals surface area contributed by atoms with Gasteiger partial charge in [0, 0.05) is 12.1 Å². The molecule has 0 aromatic carbocycles. The van der Waals surface area contributed by atoms with Crippen LogP contribution in [-0.2, 0) is 0 Å². The van der Waals surface area contributed by atoms with Crippen LogP contribution in [0.2, 0.25) is 0 Å². The van der Waals surface area contributed by atoms with E-state index in [4.69, 9.17) is 10.2 Å². The lowest BCUT2D eigenvalue weighted by atomic mass is 9.54. The zero-order valence-electron chi connectivity index (χ0n) is 11.0. The number of carbonyl (C=O) groups excluding carboxylic acids is 1. The van der Waals surface area contributed by atoms with Crippen LogP contribution in [0.4, 0.5) is 5.88 Å². The first kappa shape index (κ1) is 11.4. The average Bonchev–Trinajstić information content (AvgIpc) is 2.79. The van der Waals surface area contributed by atoms with E-state index in [-0.39, 0.29) is 5.91 Å². The molecule has 5 rings (SSSR count). The summed E-state index contributed by atoms with van der Waals surface area (Å²) in [5, 5.41) is 3.20. The Kier molecular flexibility index (Phi) is 2.41. The second-order valence-electron chi connectivity index (χ2n) is 6.63. The molecule has 4 heteroatoms. The van der Waals surface area contributed by atoms with Crippen molar-refractivity contribution in [2.75, 3.05) is 5.73 Å². The first-order valence-electron chi connectivity index (χ1n) is 7.35. The van der Waals surface area contributed by atoms with Gasteiger partial charge in [-0.2, -0.15) is 0 Å². The van der Waals surface area contributed by atoms with Gasteiger partial charge in [0.25, 0.3) is 5.91 Å². The van der Waals surface area contributed by atoms with Crippen LogP contribution in [0.5, 0.6) is 0 Å². The number of hydrogen-bond donors (Lipinski definition) is 2. The van der Waals surface area contributed by atoms with Gasteiger partial charge in [-0.25, -0.2) is 0 Å². The van der Waals surface area contributed by atoms with E-state index in [0.29, 0.717) is 29.5 Å². The number of furan rings is 1. The lowest BCUT2D eigenvalue weighted by molar-refractivity contribution is -0.0122. The average molecular weight is 260 g/mol. The second-order valence-corrected chi connectivity index (χ2v) is 6.63. The van der Waals surface area contributed by atoms with Gasteiger partial charge in [0.2, 0.25) is 0 Å². The summed E-state index contributed by atoms with van der Waals surface area (Å²) in [6.07, 6.45) is 6.65. The normalized spacial score (nSPS) is 39.5. The van der Waals surface area contributed by atoms with Crippen molar-refractivity contribution in [2.24, 2.45) is 23.7 Å². The Hall–Kier alpha value is -1.45. The monoisotopic (exact) mass is 260 g/mol. The maximum absolute atomic E-state index is 12.2. The van der Waals surface area contributed by atoms with Crippen LogP contribution in [0.15, 0.2) is 16.5 Å². The third-order valence-electron chi connectivity index (χ3n) is 5.38. The van der Waals surface area contributed by atoms with Gasteiger partial charge in [0.1, 0.15) is 0 Å². The molecule has 4 fully saturated rings. The first-order chi connectivity index (χ1) is 9.19. The third kappa shape index (κ3) is 1.85. The van der Waals surface area contributed by atoms with Gasteiger partial charge >= 0.3 is 0 Å². The molecule has 19 heavy (non-hydrogen) atoms. The highest BCUT2D eigenvalue weighted by Gasteiger charge is 2.48. The molecule has 1 aromatic heterocycles. The van der Waals surface area contributed by atoms with Gasteiger partial charge in [-0.05, 0) is 61.8 Å². The molecule has 1 aromatic rings. The summed E-state index contributed by atoms with van der Waals surface area (Å²) in [4.78, 5) is 12.2. The van der Waals surface area contributed by atoms with E-state index >= 15 is 0 Å². The number of hydrogen-bond acceptors (Lipinski definition) is 3. The molecular weight excluding hydrogens is 240 g/mol. The summed E-state index contributed by atoms with van der Waals surface area (Å²) in [6.45, 7) is 0. The quantitative estimate of drug-likeness (QED) is 0.858. The van der Waals surface area contributed by atoms with Gasteiger partial charge < -0.3 is 15.5 Å². The summed E-state index contributed by atoms with van der Waals surface area (Å²) in [5.41, 5.74) is 5.52. The van der Waals surface area contributed by atoms with Crippen molar-refractivity contribution in [3.8, 4) is 0 Å². The van der Waals surface area contributed by atoms with Crippen molar-refractivity contribution in [3.63, 3.8) is 0 Å². The molecule has 0 spiro atoms. The molecule has 0 atom stereocenters. The van der Waals surface area contributed by atoms with E-state index in [9.17, 15) is 4.79 Å². The van der Waals surface area contributed by atoms with Crippen molar-refractivity contribution < 1.29 is 9.21 Å². The van der Waals surface area contributed by atoms with Crippen LogP contribution >= 0.6 is 0 Å². The minimum absolute atomic E-state index is 0.103. The van der Waals surface area contributed by atoms with E-state index in [1.807, 2.05) is 0 Å². The Balaban J connectivity index is 1.49. The number of rotatable bonds is 2. The van der Waals surface area contributed by atoms with Crippen LogP contribution in [0.3, 0.4) is 0 Å². The van der Waals surface area contributed by atoms with Crippen molar-refractivity contribution in [1.29, 1.82) is 0 Å². The Morgan fingerprint density at radius 2 is 1.74 bits per heavy atom. The zero-order valence-corrected chi connectivity index (χ0v) is 11.0. The number of anilines is 1. The first-order valence-corrected chi connectivity index (χ1v) is 7.35. The molecular formula is C15H20N2O2. The van der Waals surface area contributed by atoms with Crippen LogP contribution in [0.1, 0.15) is 42.7 Å². The van der Waals surface area contributed by atoms with E-state index in [1.165, 1.54) is 32.1 Å². The van der Waals surface area contributed by atoms with Crippen LogP contribution in [0.25, 0.3) is 0 Å². The largest absolute Gasteiger partial charge is 0.436 e. The topological polar surface area (TPSA) is 68.3 Å². The molecule has 102 valence electrons. The Labute approximate surface area is 112 Å². The summed E-state index contributed by atoms with van der Waals surface area (Å²) < 4.78 is 5.20. The molecule has 4 bridgehead atoms. The maximum Gasteiger partial charge on any atom is 0.287 e. The highest BCUT2D eigenvalue weighted by Crippen LogP contribution is 2.53. The fourth-order valence-corrected chi connectivity index (χ4v) is 4.86. The zero-order chi connectivity index (χ0) is 13.0. The number of nitrogens with two attached hydrogens (primary N) is 1. The Morgan fingerprint density at radius 1 is 1.11 bits per heavy atom. The minimum atomic E-state index is -0.103. The molecule has 0 aliphatic heterocycles. The molecule has 0 saturated heterocycles. The molecule has 1 heterocycles. The van der Waals surface area contributed by atoms with Gasteiger partial charge in [0.05, 0.1) is 0 Å². The van der Waals surface area contributed by atoms with E-state index < -0.39 is 0 Å². The maximum atomic E-state index is 12.2. The number of carbonyl (C=O) groups is 1. The van der Waals surface area contributed by atoms with E-state index in [0.717, 1.165) is 11.8 Å². The molecule has 4 saturated carbocycles. The van der Waals surface area contributed by atoms with Gasteiger partial charge in [-0.3, -0.25) is 4.79 Å².